The van der Waals surface area contributed by atoms with Gasteiger partial charge in [-0.05, 0) is 81.8 Å². The van der Waals surface area contributed by atoms with Gasteiger partial charge in [0, 0.05) is 11.9 Å². The van der Waals surface area contributed by atoms with E-state index in [2.05, 4.69) is 4.72 Å². The number of nitrogens with zero attached hydrogens (tertiary/aromatic N) is 2. The van der Waals surface area contributed by atoms with Crippen molar-refractivity contribution in [3.8, 4) is 6.07 Å². The highest BCUT2D eigenvalue weighted by atomic mass is 32.2. The van der Waals surface area contributed by atoms with E-state index < -0.39 is 37.5 Å². The average Bonchev–Trinajstić information content (AvgIpc) is 3.21. The molecular formula is C25H25F2N3O4S2. The van der Waals surface area contributed by atoms with Gasteiger partial charge in [0.25, 0.3) is 20.0 Å². The molecule has 1 N–H and O–H groups in total. The predicted molar refractivity (Wildman–Crippen MR) is 131 cm³/mol. The summed E-state index contributed by atoms with van der Waals surface area (Å²) in [5.74, 6) is -1.47. The van der Waals surface area contributed by atoms with Crippen LogP contribution in [0.4, 0.5) is 14.5 Å². The van der Waals surface area contributed by atoms with Crippen LogP contribution in [0.15, 0.2) is 58.5 Å². The summed E-state index contributed by atoms with van der Waals surface area (Å²) < 4.78 is 86.2. The number of aryl methyl sites for hydroxylation is 1. The van der Waals surface area contributed by atoms with Gasteiger partial charge in [-0.1, -0.05) is 17.7 Å². The van der Waals surface area contributed by atoms with Gasteiger partial charge in [0.05, 0.1) is 22.2 Å². The molecule has 190 valence electrons. The van der Waals surface area contributed by atoms with Crippen LogP contribution in [-0.4, -0.2) is 26.5 Å². The first-order chi connectivity index (χ1) is 16.7. The third-order valence-electron chi connectivity index (χ3n) is 6.51. The molecule has 2 aromatic carbocycles. The molecule has 0 spiro atoms. The normalized spacial score (nSPS) is 16.3. The van der Waals surface area contributed by atoms with Crippen LogP contribution in [0.2, 0.25) is 0 Å². The van der Waals surface area contributed by atoms with Crippen LogP contribution in [0.5, 0.6) is 0 Å². The minimum atomic E-state index is -4.43. The Bertz CT molecular complexity index is 1580. The van der Waals surface area contributed by atoms with Gasteiger partial charge in [0.2, 0.25) is 0 Å². The molecule has 0 bridgehead atoms. The number of nitriles is 1. The van der Waals surface area contributed by atoms with Crippen LogP contribution in [0.25, 0.3) is 0 Å². The highest BCUT2D eigenvalue weighted by Gasteiger charge is 2.39. The van der Waals surface area contributed by atoms with Crippen LogP contribution >= 0.6 is 0 Å². The van der Waals surface area contributed by atoms with Crippen LogP contribution in [0.1, 0.15) is 42.7 Å². The fourth-order valence-electron chi connectivity index (χ4n) is 4.40. The van der Waals surface area contributed by atoms with Crippen LogP contribution in [0.3, 0.4) is 0 Å². The average molecular weight is 534 g/mol. The lowest BCUT2D eigenvalue weighted by Crippen LogP contribution is -2.32. The topological polar surface area (TPSA) is 109 Å². The summed E-state index contributed by atoms with van der Waals surface area (Å²) in [5.41, 5.74) is -0.673. The molecule has 0 saturated heterocycles. The van der Waals surface area contributed by atoms with Crippen molar-refractivity contribution >= 4 is 25.7 Å². The smallest absolute Gasteiger partial charge is 0.267 e. The van der Waals surface area contributed by atoms with E-state index in [1.54, 1.807) is 25.1 Å². The second kappa shape index (κ2) is 9.01. The zero-order chi connectivity index (χ0) is 26.5. The first-order valence-corrected chi connectivity index (χ1v) is 14.1. The quantitative estimate of drug-likeness (QED) is 0.494. The number of aromatic nitrogens is 1. The maximum Gasteiger partial charge on any atom is 0.267 e. The monoisotopic (exact) mass is 533 g/mol. The lowest BCUT2D eigenvalue weighted by atomic mass is 9.79. The summed E-state index contributed by atoms with van der Waals surface area (Å²) in [6.07, 6.45) is 1.48. The summed E-state index contributed by atoms with van der Waals surface area (Å²) in [6.45, 7) is 4.63. The Kier molecular flexibility index (Phi) is 6.47. The summed E-state index contributed by atoms with van der Waals surface area (Å²) in [5, 5.41) is 8.92. The number of anilines is 1. The Morgan fingerprint density at radius 3 is 2.36 bits per heavy atom. The van der Waals surface area contributed by atoms with Gasteiger partial charge >= 0.3 is 0 Å². The fourth-order valence-corrected chi connectivity index (χ4v) is 7.24. The molecule has 11 heteroatoms. The number of rotatable bonds is 6. The molecule has 1 unspecified atom stereocenters. The zero-order valence-electron chi connectivity index (χ0n) is 19.9. The van der Waals surface area contributed by atoms with Crippen LogP contribution < -0.4 is 4.72 Å². The van der Waals surface area contributed by atoms with Gasteiger partial charge in [0.15, 0.2) is 0 Å². The Labute approximate surface area is 209 Å². The predicted octanol–water partition coefficient (Wildman–Crippen LogP) is 4.70. The maximum atomic E-state index is 14.8. The van der Waals surface area contributed by atoms with Crippen molar-refractivity contribution in [1.29, 1.82) is 5.26 Å². The van der Waals surface area contributed by atoms with Gasteiger partial charge in [-0.2, -0.15) is 5.26 Å². The zero-order valence-corrected chi connectivity index (χ0v) is 21.6. The van der Waals surface area contributed by atoms with Crippen LogP contribution in [-0.2, 0) is 32.9 Å². The van der Waals surface area contributed by atoms with Crippen molar-refractivity contribution in [2.24, 2.45) is 5.92 Å². The molecule has 1 aliphatic rings. The molecule has 1 aliphatic carbocycles. The largest absolute Gasteiger partial charge is 0.277 e. The molecule has 36 heavy (non-hydrogen) atoms. The number of hydrogen-bond donors (Lipinski definition) is 1. The molecule has 1 heterocycles. The fraction of sp³-hybridized carbons (Fsp3) is 0.320. The summed E-state index contributed by atoms with van der Waals surface area (Å²) in [7, 11) is -8.63. The second-order valence-corrected chi connectivity index (χ2v) is 12.9. The number of sulfonamides is 1. The lowest BCUT2D eigenvalue weighted by molar-refractivity contribution is 0.112. The molecule has 1 aromatic heterocycles. The third kappa shape index (κ3) is 4.75. The number of halogens is 2. The number of nitrogens with one attached hydrogen (secondary N) is 1. The summed E-state index contributed by atoms with van der Waals surface area (Å²) in [4.78, 5) is -0.352. The van der Waals surface area contributed by atoms with E-state index in [0.29, 0.717) is 6.42 Å². The van der Waals surface area contributed by atoms with Gasteiger partial charge in [0.1, 0.15) is 16.4 Å². The highest BCUT2D eigenvalue weighted by molar-refractivity contribution is 7.93. The minimum Gasteiger partial charge on any atom is -0.277 e. The van der Waals surface area contributed by atoms with Gasteiger partial charge < -0.3 is 0 Å². The second-order valence-electron chi connectivity index (χ2n) is 9.45. The number of hydrogen-bond acceptors (Lipinski definition) is 5. The van der Waals surface area contributed by atoms with E-state index in [9.17, 15) is 25.6 Å². The Morgan fingerprint density at radius 2 is 1.78 bits per heavy atom. The van der Waals surface area contributed by atoms with E-state index in [1.807, 2.05) is 0 Å². The Morgan fingerprint density at radius 1 is 1.11 bits per heavy atom. The molecule has 1 atom stereocenters. The van der Waals surface area contributed by atoms with Gasteiger partial charge in [-0.15, -0.1) is 0 Å². The lowest BCUT2D eigenvalue weighted by Gasteiger charge is -2.31. The SMILES string of the molecule is Cc1ccc(S(=O)(=O)n2cc(S(=O)(=O)Nc3ccc(C#N)cc3F)c3c2CC(C(C)(C)F)CC3)cc1. The van der Waals surface area contributed by atoms with E-state index in [1.165, 1.54) is 32.0 Å². The van der Waals surface area contributed by atoms with Crippen molar-refractivity contribution in [2.75, 3.05) is 4.72 Å². The van der Waals surface area contributed by atoms with Crippen LogP contribution in [0, 0.1) is 30.0 Å². The van der Waals surface area contributed by atoms with Crippen molar-refractivity contribution in [2.45, 2.75) is 55.5 Å². The molecule has 0 saturated carbocycles. The molecule has 4 rings (SSSR count). The number of fused-ring (bicyclic) bond motifs is 1. The molecule has 0 amide bonds. The molecule has 0 radical (unpaired) electrons. The third-order valence-corrected chi connectivity index (χ3v) is 9.64. The maximum absolute atomic E-state index is 14.8. The molecular weight excluding hydrogens is 508 g/mol. The van der Waals surface area contributed by atoms with E-state index in [4.69, 9.17) is 5.26 Å². The molecule has 0 aliphatic heterocycles. The first kappa shape index (κ1) is 25.9. The highest BCUT2D eigenvalue weighted by Crippen LogP contribution is 2.39. The van der Waals surface area contributed by atoms with Crippen molar-refractivity contribution in [3.63, 3.8) is 0 Å². The molecule has 0 fully saturated rings. The van der Waals surface area contributed by atoms with Crippen molar-refractivity contribution in [1.82, 2.24) is 3.97 Å². The first-order valence-electron chi connectivity index (χ1n) is 11.2. The molecule has 3 aromatic rings. The minimum absolute atomic E-state index is 0.0167. The van der Waals surface area contributed by atoms with Gasteiger partial charge in [-0.25, -0.2) is 29.6 Å². The number of benzene rings is 2. The molecule has 7 nitrogen and oxygen atoms in total. The van der Waals surface area contributed by atoms with E-state index in [0.717, 1.165) is 27.9 Å². The van der Waals surface area contributed by atoms with Crippen molar-refractivity contribution in [3.05, 3.63) is 76.9 Å². The summed E-state index contributed by atoms with van der Waals surface area (Å²) >= 11 is 0. The Balaban J connectivity index is 1.86. The Hall–Kier alpha value is -3.23. The standard InChI is InChI=1S/C25H25F2N3O4S2/c1-16-4-8-19(9-5-16)36(33,34)30-15-24(20-10-7-18(13-23(20)30)25(2,3)27)35(31,32)29-22-11-6-17(14-28)12-21(22)26/h4-6,8-9,11-12,15,18,29H,7,10,13H2,1-3H3. The van der Waals surface area contributed by atoms with E-state index >= 15 is 0 Å². The number of alkyl halides is 1. The van der Waals surface area contributed by atoms with E-state index in [-0.39, 0.29) is 45.1 Å². The summed E-state index contributed by atoms with van der Waals surface area (Å²) in [6, 6.07) is 11.2. The van der Waals surface area contributed by atoms with Crippen molar-refractivity contribution < 1.29 is 25.6 Å². The van der Waals surface area contributed by atoms with Gasteiger partial charge in [-0.3, -0.25) is 4.72 Å².